The lowest BCUT2D eigenvalue weighted by atomic mass is 10.1. The summed E-state index contributed by atoms with van der Waals surface area (Å²) in [6.07, 6.45) is 1.32. The molecule has 0 spiro atoms. The van der Waals surface area contributed by atoms with Crippen LogP contribution in [0.1, 0.15) is 28.7 Å². The second-order valence-corrected chi connectivity index (χ2v) is 8.92. The number of benzene rings is 2. The van der Waals surface area contributed by atoms with E-state index in [0.717, 1.165) is 17.2 Å². The lowest BCUT2D eigenvalue weighted by molar-refractivity contribution is 0.0695. The molecule has 4 aromatic rings. The average molecular weight is 492 g/mol. The molecule has 9 nitrogen and oxygen atoms in total. The van der Waals surface area contributed by atoms with Crippen molar-refractivity contribution >= 4 is 22.6 Å². The molecule has 2 aromatic carbocycles. The first-order valence-corrected chi connectivity index (χ1v) is 11.8. The van der Waals surface area contributed by atoms with Gasteiger partial charge in [-0.1, -0.05) is 17.7 Å². The van der Waals surface area contributed by atoms with Crippen molar-refractivity contribution in [2.24, 2.45) is 0 Å². The number of pyridine rings is 1. The highest BCUT2D eigenvalue weighted by molar-refractivity contribution is 5.93. The Labute approximate surface area is 206 Å². The van der Waals surface area contributed by atoms with Crippen LogP contribution in [0.3, 0.4) is 0 Å². The largest absolute Gasteiger partial charge is 0.477 e. The van der Waals surface area contributed by atoms with Gasteiger partial charge in [-0.3, -0.25) is 9.69 Å². The molecule has 0 aliphatic carbocycles. The smallest absolute Gasteiger partial charge is 0.341 e. The quantitative estimate of drug-likeness (QED) is 0.437. The molecule has 0 amide bonds. The lowest BCUT2D eigenvalue weighted by Gasteiger charge is -2.35. The van der Waals surface area contributed by atoms with Crippen LogP contribution in [0, 0.1) is 12.7 Å². The van der Waals surface area contributed by atoms with Crippen LogP contribution in [-0.2, 0) is 13.1 Å². The third kappa shape index (κ3) is 4.47. The van der Waals surface area contributed by atoms with Gasteiger partial charge in [0.1, 0.15) is 11.4 Å². The van der Waals surface area contributed by atoms with E-state index in [4.69, 9.17) is 4.42 Å². The van der Waals surface area contributed by atoms with Crippen molar-refractivity contribution in [1.29, 1.82) is 0 Å². The zero-order valence-electron chi connectivity index (χ0n) is 20.1. The number of hydrogen-bond acceptors (Lipinski definition) is 7. The molecule has 186 valence electrons. The number of aromatic nitrogens is 3. The van der Waals surface area contributed by atoms with Crippen molar-refractivity contribution in [1.82, 2.24) is 19.7 Å². The summed E-state index contributed by atoms with van der Waals surface area (Å²) in [5.74, 6) is -0.855. The number of anilines is 1. The Hall–Kier alpha value is -4.05. The number of nitrogens with zero attached hydrogens (tertiary/aromatic N) is 5. The maximum absolute atomic E-state index is 15.1. The molecule has 3 heterocycles. The Morgan fingerprint density at radius 3 is 2.61 bits per heavy atom. The van der Waals surface area contributed by atoms with Crippen LogP contribution >= 0.6 is 0 Å². The normalized spacial score (nSPS) is 14.5. The second-order valence-electron chi connectivity index (χ2n) is 8.92. The number of aromatic carboxylic acids is 1. The first kappa shape index (κ1) is 23.7. The molecule has 1 aliphatic rings. The summed E-state index contributed by atoms with van der Waals surface area (Å²) in [5, 5.41) is 17.8. The minimum Gasteiger partial charge on any atom is -0.477 e. The molecule has 2 aromatic heterocycles. The molecule has 36 heavy (non-hydrogen) atoms. The Morgan fingerprint density at radius 1 is 1.14 bits per heavy atom. The summed E-state index contributed by atoms with van der Waals surface area (Å²) in [7, 11) is 0. The van der Waals surface area contributed by atoms with Crippen LogP contribution in [0.4, 0.5) is 10.1 Å². The number of halogens is 1. The molecule has 0 atom stereocenters. The van der Waals surface area contributed by atoms with Crippen LogP contribution in [-0.4, -0.2) is 56.9 Å². The highest BCUT2D eigenvalue weighted by atomic mass is 19.1. The van der Waals surface area contributed by atoms with E-state index >= 15 is 4.39 Å². The lowest BCUT2D eigenvalue weighted by Crippen LogP contribution is -2.46. The van der Waals surface area contributed by atoms with Gasteiger partial charge in [-0.05, 0) is 38.1 Å². The van der Waals surface area contributed by atoms with Gasteiger partial charge in [-0.2, -0.15) is 0 Å². The highest BCUT2D eigenvalue weighted by Crippen LogP contribution is 2.27. The van der Waals surface area contributed by atoms with Gasteiger partial charge in [0.15, 0.2) is 0 Å². The number of carboxylic acid groups (broad SMARTS) is 1. The third-order valence-electron chi connectivity index (χ3n) is 6.52. The van der Waals surface area contributed by atoms with Crippen LogP contribution in [0.15, 0.2) is 51.8 Å². The monoisotopic (exact) mass is 491 g/mol. The predicted octanol–water partition coefficient (Wildman–Crippen LogP) is 3.54. The number of rotatable bonds is 6. The molecule has 1 N–H and O–H groups in total. The molecule has 1 aliphatic heterocycles. The molecular weight excluding hydrogens is 465 g/mol. The fourth-order valence-corrected chi connectivity index (χ4v) is 4.61. The van der Waals surface area contributed by atoms with E-state index in [0.29, 0.717) is 62.3 Å². The molecule has 0 bridgehead atoms. The summed E-state index contributed by atoms with van der Waals surface area (Å²) in [4.78, 5) is 28.2. The van der Waals surface area contributed by atoms with E-state index in [2.05, 4.69) is 15.1 Å². The fourth-order valence-electron chi connectivity index (χ4n) is 4.61. The topological polar surface area (TPSA) is 105 Å². The van der Waals surface area contributed by atoms with Gasteiger partial charge in [0, 0.05) is 49.9 Å². The predicted molar refractivity (Wildman–Crippen MR) is 133 cm³/mol. The zero-order chi connectivity index (χ0) is 25.4. The maximum Gasteiger partial charge on any atom is 0.341 e. The van der Waals surface area contributed by atoms with Gasteiger partial charge in [-0.15, -0.1) is 10.2 Å². The summed E-state index contributed by atoms with van der Waals surface area (Å²) in [6.45, 7) is 7.28. The van der Waals surface area contributed by atoms with Gasteiger partial charge in [0.2, 0.25) is 17.2 Å². The van der Waals surface area contributed by atoms with Gasteiger partial charge >= 0.3 is 5.97 Å². The number of piperazine rings is 1. The number of carboxylic acids is 1. The Morgan fingerprint density at radius 2 is 1.92 bits per heavy atom. The first-order valence-electron chi connectivity index (χ1n) is 11.8. The zero-order valence-corrected chi connectivity index (χ0v) is 20.1. The van der Waals surface area contributed by atoms with Crippen molar-refractivity contribution in [2.45, 2.75) is 26.9 Å². The summed E-state index contributed by atoms with van der Waals surface area (Å²) in [5.41, 5.74) is 1.86. The van der Waals surface area contributed by atoms with E-state index in [-0.39, 0.29) is 10.9 Å². The molecule has 0 radical (unpaired) electrons. The molecule has 1 saturated heterocycles. The van der Waals surface area contributed by atoms with E-state index in [9.17, 15) is 14.7 Å². The van der Waals surface area contributed by atoms with Crippen LogP contribution in [0.5, 0.6) is 0 Å². The Bertz CT molecular complexity index is 1500. The van der Waals surface area contributed by atoms with Crippen LogP contribution in [0.2, 0.25) is 0 Å². The Balaban J connectivity index is 1.31. The van der Waals surface area contributed by atoms with Gasteiger partial charge < -0.3 is 19.0 Å². The second kappa shape index (κ2) is 9.54. The highest BCUT2D eigenvalue weighted by Gasteiger charge is 2.23. The number of fused-ring (bicyclic) bond motifs is 1. The SMILES string of the molecule is CCn1cc(C(=O)O)c(=O)c2cc(F)c(N3CCN(Cc4nnc(-c5cccc(C)c5)o4)CC3)cc21. The molecule has 0 unspecified atom stereocenters. The average Bonchev–Trinajstić information content (AvgIpc) is 3.33. The van der Waals surface area contributed by atoms with Gasteiger partial charge in [0.05, 0.1) is 17.7 Å². The van der Waals surface area contributed by atoms with Crippen molar-refractivity contribution < 1.29 is 18.7 Å². The first-order chi connectivity index (χ1) is 17.3. The van der Waals surface area contributed by atoms with Gasteiger partial charge in [0.25, 0.3) is 0 Å². The van der Waals surface area contributed by atoms with Crippen molar-refractivity contribution in [3.8, 4) is 11.5 Å². The standard InChI is InChI=1S/C26H26FN5O4/c1-3-31-14-19(26(34)35)24(33)18-12-20(27)22(13-21(18)31)32-9-7-30(8-10-32)15-23-28-29-25(36-23)17-6-4-5-16(2)11-17/h4-6,11-14H,3,7-10,15H2,1-2H3,(H,34,35). The molecular formula is C26H26FN5O4. The molecule has 1 fully saturated rings. The summed E-state index contributed by atoms with van der Waals surface area (Å²) < 4.78 is 22.6. The van der Waals surface area contributed by atoms with Crippen LogP contribution < -0.4 is 10.3 Å². The van der Waals surface area contributed by atoms with E-state index < -0.39 is 17.2 Å². The van der Waals surface area contributed by atoms with E-state index in [1.807, 2.05) is 43.0 Å². The third-order valence-corrected chi connectivity index (χ3v) is 6.52. The number of hydrogen-bond donors (Lipinski definition) is 1. The van der Waals surface area contributed by atoms with Crippen molar-refractivity contribution in [3.63, 3.8) is 0 Å². The van der Waals surface area contributed by atoms with E-state index in [1.165, 1.54) is 6.20 Å². The number of carbonyl (C=O) groups is 1. The maximum atomic E-state index is 15.1. The van der Waals surface area contributed by atoms with Crippen molar-refractivity contribution in [2.75, 3.05) is 31.1 Å². The van der Waals surface area contributed by atoms with Crippen LogP contribution in [0.25, 0.3) is 22.4 Å². The Kier molecular flexibility index (Phi) is 6.27. The summed E-state index contributed by atoms with van der Waals surface area (Å²) >= 11 is 0. The number of aryl methyl sites for hydroxylation is 2. The minimum atomic E-state index is -1.32. The fraction of sp³-hybridized carbons (Fsp3) is 0.308. The molecule has 5 rings (SSSR count). The minimum absolute atomic E-state index is 0.0671. The molecule has 10 heteroatoms. The van der Waals surface area contributed by atoms with Gasteiger partial charge in [-0.25, -0.2) is 9.18 Å². The van der Waals surface area contributed by atoms with E-state index in [1.54, 1.807) is 10.6 Å². The molecule has 0 saturated carbocycles. The summed E-state index contributed by atoms with van der Waals surface area (Å²) in [6, 6.07) is 10.7. The van der Waals surface area contributed by atoms with Crippen molar-refractivity contribution in [3.05, 3.63) is 75.7 Å².